The minimum absolute atomic E-state index is 0.0795. The number of carbonyl (C=O) groups is 2. The molecule has 0 saturated heterocycles. The van der Waals surface area contributed by atoms with E-state index in [1.807, 2.05) is 0 Å². The molecule has 0 fully saturated rings. The van der Waals surface area contributed by atoms with Crippen molar-refractivity contribution in [1.29, 1.82) is 0 Å². The molecule has 0 aromatic carbocycles. The van der Waals surface area contributed by atoms with Crippen molar-refractivity contribution in [1.82, 2.24) is 0 Å². The van der Waals surface area contributed by atoms with Crippen LogP contribution in [0.25, 0.3) is 0 Å². The van der Waals surface area contributed by atoms with Crippen molar-refractivity contribution in [2.45, 2.75) is 309 Å². The van der Waals surface area contributed by atoms with Crippen molar-refractivity contribution in [2.24, 2.45) is 0 Å². The monoisotopic (exact) mass is 925 g/mol. The van der Waals surface area contributed by atoms with E-state index >= 15 is 0 Å². The Labute approximate surface area is 412 Å². The Balaban J connectivity index is 4.22. The molecule has 0 aromatic heterocycles. The molecular weight excluding hydrogens is 813 g/mol. The minimum atomic E-state index is -0.542. The maximum absolute atomic E-state index is 12.9. The highest BCUT2D eigenvalue weighted by Gasteiger charge is 2.17. The molecule has 0 radical (unpaired) electrons. The van der Waals surface area contributed by atoms with Gasteiger partial charge in [-0.15, -0.1) is 0 Å². The van der Waals surface area contributed by atoms with Crippen molar-refractivity contribution in [2.75, 3.05) is 19.8 Å². The number of unbranched alkanes of at least 4 members (excludes halogenated alkanes) is 35. The van der Waals surface area contributed by atoms with E-state index in [4.69, 9.17) is 14.2 Å². The lowest BCUT2D eigenvalue weighted by Gasteiger charge is -2.18. The van der Waals surface area contributed by atoms with E-state index < -0.39 is 6.10 Å². The van der Waals surface area contributed by atoms with Crippen molar-refractivity contribution >= 4 is 11.9 Å². The maximum Gasteiger partial charge on any atom is 0.306 e. The molecule has 0 aliphatic heterocycles. The number of hydrogen-bond donors (Lipinski definition) is 0. The van der Waals surface area contributed by atoms with Crippen LogP contribution in [0.4, 0.5) is 0 Å². The second kappa shape index (κ2) is 57.2. The summed E-state index contributed by atoms with van der Waals surface area (Å²) in [7, 11) is 0. The molecule has 0 bridgehead atoms. The van der Waals surface area contributed by atoms with Gasteiger partial charge in [-0.3, -0.25) is 9.59 Å². The highest BCUT2D eigenvalue weighted by molar-refractivity contribution is 5.70. The van der Waals surface area contributed by atoms with Crippen LogP contribution >= 0.6 is 0 Å². The molecule has 0 aliphatic rings. The van der Waals surface area contributed by atoms with Crippen molar-refractivity contribution in [3.63, 3.8) is 0 Å². The molecule has 0 saturated carbocycles. The molecule has 0 spiro atoms. The lowest BCUT2D eigenvalue weighted by molar-refractivity contribution is -0.163. The average molecular weight is 926 g/mol. The molecule has 0 heterocycles. The van der Waals surface area contributed by atoms with Gasteiger partial charge in [0.1, 0.15) is 6.61 Å². The van der Waals surface area contributed by atoms with Crippen LogP contribution in [-0.2, 0) is 23.8 Å². The fourth-order valence-electron chi connectivity index (χ4n) is 8.44. The van der Waals surface area contributed by atoms with E-state index in [9.17, 15) is 9.59 Å². The van der Waals surface area contributed by atoms with Crippen molar-refractivity contribution in [3.8, 4) is 0 Å². The summed E-state index contributed by atoms with van der Waals surface area (Å²) in [4.78, 5) is 25.5. The smallest absolute Gasteiger partial charge is 0.306 e. The molecule has 0 amide bonds. The van der Waals surface area contributed by atoms with Gasteiger partial charge in [0.25, 0.3) is 0 Å². The molecule has 386 valence electrons. The SMILES string of the molecule is CCCC/C=C\CCCCCCCCOCC(COC(=O)CCCCCCCC/C=C\C/C=C\C/C=C\CCCCC)OC(=O)CCCCCCCCCCCCCCCCCCCCC. The first-order chi connectivity index (χ1) is 32.6. The van der Waals surface area contributed by atoms with Crippen molar-refractivity contribution in [3.05, 3.63) is 48.6 Å². The van der Waals surface area contributed by atoms with Gasteiger partial charge in [-0.2, -0.15) is 0 Å². The summed E-state index contributed by atoms with van der Waals surface area (Å²) in [5.41, 5.74) is 0. The van der Waals surface area contributed by atoms with Crippen LogP contribution in [0.3, 0.4) is 0 Å². The third-order valence-corrected chi connectivity index (χ3v) is 12.8. The lowest BCUT2D eigenvalue weighted by Crippen LogP contribution is -2.30. The van der Waals surface area contributed by atoms with Crippen LogP contribution in [0, 0.1) is 0 Å². The summed E-state index contributed by atoms with van der Waals surface area (Å²) in [6.45, 7) is 7.79. The predicted octanol–water partition coefficient (Wildman–Crippen LogP) is 19.9. The molecular formula is C61H112O5. The zero-order valence-electron chi connectivity index (χ0n) is 44.5. The first-order valence-corrected chi connectivity index (χ1v) is 29.2. The number of esters is 2. The third-order valence-electron chi connectivity index (χ3n) is 12.8. The Kier molecular flexibility index (Phi) is 55.3. The number of rotatable bonds is 54. The van der Waals surface area contributed by atoms with Gasteiger partial charge in [0, 0.05) is 19.4 Å². The average Bonchev–Trinajstić information content (AvgIpc) is 3.32. The van der Waals surface area contributed by atoms with Gasteiger partial charge in [-0.25, -0.2) is 0 Å². The summed E-state index contributed by atoms with van der Waals surface area (Å²) in [5.74, 6) is -0.399. The maximum atomic E-state index is 12.9. The van der Waals surface area contributed by atoms with Crippen LogP contribution in [0.1, 0.15) is 303 Å². The van der Waals surface area contributed by atoms with Gasteiger partial charge in [0.2, 0.25) is 0 Å². The predicted molar refractivity (Wildman–Crippen MR) is 288 cm³/mol. The van der Waals surface area contributed by atoms with E-state index in [-0.39, 0.29) is 25.2 Å². The fraction of sp³-hybridized carbons (Fsp3) is 0.836. The van der Waals surface area contributed by atoms with Gasteiger partial charge in [0.05, 0.1) is 6.61 Å². The first kappa shape index (κ1) is 63.9. The molecule has 5 nitrogen and oxygen atoms in total. The number of carbonyl (C=O) groups excluding carboxylic acids is 2. The Morgan fingerprint density at radius 2 is 0.652 bits per heavy atom. The van der Waals surface area contributed by atoms with Crippen LogP contribution < -0.4 is 0 Å². The highest BCUT2D eigenvalue weighted by atomic mass is 16.6. The molecule has 5 heteroatoms. The molecule has 1 unspecified atom stereocenters. The Bertz CT molecular complexity index is 1090. The summed E-state index contributed by atoms with van der Waals surface area (Å²) in [6.07, 6.45) is 71.3. The summed E-state index contributed by atoms with van der Waals surface area (Å²) >= 11 is 0. The zero-order chi connectivity index (χ0) is 47.7. The van der Waals surface area contributed by atoms with E-state index in [1.165, 1.54) is 205 Å². The third kappa shape index (κ3) is 54.5. The molecule has 0 rings (SSSR count). The quantitative estimate of drug-likeness (QED) is 0.0345. The van der Waals surface area contributed by atoms with Gasteiger partial charge in [-0.1, -0.05) is 262 Å². The number of hydrogen-bond acceptors (Lipinski definition) is 5. The Morgan fingerprint density at radius 3 is 1.11 bits per heavy atom. The van der Waals surface area contributed by atoms with Gasteiger partial charge < -0.3 is 14.2 Å². The molecule has 66 heavy (non-hydrogen) atoms. The molecule has 1 atom stereocenters. The van der Waals surface area contributed by atoms with Crippen LogP contribution in [0.5, 0.6) is 0 Å². The minimum Gasteiger partial charge on any atom is -0.462 e. The summed E-state index contributed by atoms with van der Waals surface area (Å²) < 4.78 is 17.5. The van der Waals surface area contributed by atoms with E-state index in [0.29, 0.717) is 19.4 Å². The molecule has 0 aliphatic carbocycles. The number of allylic oxidation sites excluding steroid dienone is 8. The highest BCUT2D eigenvalue weighted by Crippen LogP contribution is 2.16. The van der Waals surface area contributed by atoms with Gasteiger partial charge >= 0.3 is 11.9 Å². The van der Waals surface area contributed by atoms with Crippen LogP contribution in [0.15, 0.2) is 48.6 Å². The normalized spacial score (nSPS) is 12.5. The fourth-order valence-corrected chi connectivity index (χ4v) is 8.44. The van der Waals surface area contributed by atoms with Gasteiger partial charge in [0.15, 0.2) is 6.10 Å². The Morgan fingerprint density at radius 1 is 0.333 bits per heavy atom. The van der Waals surface area contributed by atoms with Gasteiger partial charge in [-0.05, 0) is 77.0 Å². The summed E-state index contributed by atoms with van der Waals surface area (Å²) in [6, 6.07) is 0. The summed E-state index contributed by atoms with van der Waals surface area (Å²) in [5, 5.41) is 0. The van der Waals surface area contributed by atoms with E-state index in [1.54, 1.807) is 0 Å². The molecule has 0 aromatic rings. The van der Waals surface area contributed by atoms with E-state index in [2.05, 4.69) is 69.4 Å². The second-order valence-electron chi connectivity index (χ2n) is 19.5. The largest absolute Gasteiger partial charge is 0.462 e. The van der Waals surface area contributed by atoms with E-state index in [0.717, 1.165) is 64.2 Å². The number of ether oxygens (including phenoxy) is 3. The zero-order valence-corrected chi connectivity index (χ0v) is 44.5. The Hall–Kier alpha value is -2.14. The van der Waals surface area contributed by atoms with Crippen LogP contribution in [0.2, 0.25) is 0 Å². The first-order valence-electron chi connectivity index (χ1n) is 29.2. The van der Waals surface area contributed by atoms with Crippen LogP contribution in [-0.4, -0.2) is 37.9 Å². The molecule has 0 N–H and O–H groups in total. The second-order valence-corrected chi connectivity index (χ2v) is 19.5. The standard InChI is InChI=1S/C61H112O5/c1-4-7-10-13-16-19-22-25-27-29-31-33-35-37-39-42-45-48-51-54-60(62)65-58-59(57-64-56-53-50-47-44-41-24-21-18-15-12-9-6-3)66-61(63)55-52-49-46-43-40-38-36-34-32-30-28-26-23-20-17-14-11-8-5-2/h15-16,18-19,25,27,31,33,59H,4-14,17,20-24,26,28-30,32,34-58H2,1-3H3/b18-15-,19-16-,27-25-,33-31-. The lowest BCUT2D eigenvalue weighted by atomic mass is 10.0. The van der Waals surface area contributed by atoms with Crippen molar-refractivity contribution < 1.29 is 23.8 Å². The topological polar surface area (TPSA) is 61.8 Å².